The number of carbonyl (C=O) groups is 1. The molecule has 0 heterocycles. The van der Waals surface area contributed by atoms with Gasteiger partial charge >= 0.3 is 0 Å². The zero-order valence-corrected chi connectivity index (χ0v) is 12.2. The van der Waals surface area contributed by atoms with Crippen molar-refractivity contribution in [1.82, 2.24) is 10.6 Å². The fourth-order valence-corrected chi connectivity index (χ4v) is 2.64. The smallest absolute Gasteiger partial charge is 0.258 e. The Bertz CT molecular complexity index is 428. The minimum absolute atomic E-state index is 0.0174. The van der Waals surface area contributed by atoms with E-state index >= 15 is 0 Å². The van der Waals surface area contributed by atoms with Crippen molar-refractivity contribution in [3.63, 3.8) is 0 Å². The van der Waals surface area contributed by atoms with Crippen molar-refractivity contribution >= 4 is 5.91 Å². The average Bonchev–Trinajstić information content (AvgIpc) is 2.48. The van der Waals surface area contributed by atoms with Crippen LogP contribution in [0.15, 0.2) is 24.3 Å². The lowest BCUT2D eigenvalue weighted by atomic mass is 9.95. The maximum absolute atomic E-state index is 11.9. The maximum Gasteiger partial charge on any atom is 0.258 e. The monoisotopic (exact) mass is 276 g/mol. The number of ether oxygens (including phenoxy) is 1. The number of amides is 1. The molecule has 0 saturated heterocycles. The molecule has 0 radical (unpaired) electrons. The molecule has 1 aromatic rings. The Morgan fingerprint density at radius 2 is 2.00 bits per heavy atom. The molecule has 0 atom stereocenters. The molecule has 1 fully saturated rings. The van der Waals surface area contributed by atoms with Gasteiger partial charge in [-0.3, -0.25) is 4.79 Å². The van der Waals surface area contributed by atoms with E-state index in [1.807, 2.05) is 31.3 Å². The molecule has 0 bridgehead atoms. The zero-order chi connectivity index (χ0) is 14.2. The second-order valence-electron chi connectivity index (χ2n) is 5.33. The van der Waals surface area contributed by atoms with Crippen LogP contribution in [0.5, 0.6) is 5.75 Å². The second-order valence-corrected chi connectivity index (χ2v) is 5.33. The predicted molar refractivity (Wildman–Crippen MR) is 79.7 cm³/mol. The van der Waals surface area contributed by atoms with Crippen molar-refractivity contribution in [2.75, 3.05) is 13.7 Å². The Morgan fingerprint density at radius 3 is 2.75 bits per heavy atom. The van der Waals surface area contributed by atoms with E-state index in [0.717, 1.165) is 30.7 Å². The highest BCUT2D eigenvalue weighted by Gasteiger charge is 2.16. The van der Waals surface area contributed by atoms with E-state index in [1.165, 1.54) is 19.3 Å². The Balaban J connectivity index is 1.80. The van der Waals surface area contributed by atoms with Gasteiger partial charge in [-0.25, -0.2) is 0 Å². The number of hydrogen-bond donors (Lipinski definition) is 2. The van der Waals surface area contributed by atoms with E-state index in [9.17, 15) is 4.79 Å². The van der Waals surface area contributed by atoms with Crippen molar-refractivity contribution < 1.29 is 9.53 Å². The highest BCUT2D eigenvalue weighted by molar-refractivity contribution is 5.77. The van der Waals surface area contributed by atoms with Gasteiger partial charge in [0.15, 0.2) is 6.61 Å². The first-order chi connectivity index (χ1) is 9.79. The van der Waals surface area contributed by atoms with Crippen LogP contribution >= 0.6 is 0 Å². The topological polar surface area (TPSA) is 50.4 Å². The van der Waals surface area contributed by atoms with E-state index in [0.29, 0.717) is 6.04 Å². The predicted octanol–water partition coefficient (Wildman–Crippen LogP) is 2.23. The van der Waals surface area contributed by atoms with Crippen LogP contribution in [0.2, 0.25) is 0 Å². The van der Waals surface area contributed by atoms with Crippen LogP contribution in [0, 0.1) is 0 Å². The molecule has 2 rings (SSSR count). The first-order valence-electron chi connectivity index (χ1n) is 7.44. The van der Waals surface area contributed by atoms with Gasteiger partial charge in [-0.15, -0.1) is 0 Å². The molecule has 1 aliphatic carbocycles. The molecule has 4 nitrogen and oxygen atoms in total. The van der Waals surface area contributed by atoms with Crippen LogP contribution in [-0.2, 0) is 11.3 Å². The summed E-state index contributed by atoms with van der Waals surface area (Å²) in [6.07, 6.45) is 5.93. The van der Waals surface area contributed by atoms with Crippen molar-refractivity contribution in [3.8, 4) is 5.75 Å². The lowest BCUT2D eigenvalue weighted by Gasteiger charge is -2.22. The van der Waals surface area contributed by atoms with Gasteiger partial charge in [-0.1, -0.05) is 37.5 Å². The summed E-state index contributed by atoms with van der Waals surface area (Å²) < 4.78 is 5.64. The summed E-state index contributed by atoms with van der Waals surface area (Å²) in [5.41, 5.74) is 1.07. The molecule has 0 aliphatic heterocycles. The van der Waals surface area contributed by atoms with Crippen LogP contribution in [0.3, 0.4) is 0 Å². The summed E-state index contributed by atoms with van der Waals surface area (Å²) in [5.74, 6) is 0.761. The lowest BCUT2D eigenvalue weighted by Crippen LogP contribution is -2.39. The summed E-state index contributed by atoms with van der Waals surface area (Å²) >= 11 is 0. The first-order valence-corrected chi connectivity index (χ1v) is 7.44. The molecule has 2 N–H and O–H groups in total. The molecule has 0 spiro atoms. The summed E-state index contributed by atoms with van der Waals surface area (Å²) in [6, 6.07) is 8.15. The Morgan fingerprint density at radius 1 is 1.25 bits per heavy atom. The molecule has 0 unspecified atom stereocenters. The van der Waals surface area contributed by atoms with Crippen molar-refractivity contribution in [2.24, 2.45) is 0 Å². The number of rotatable bonds is 6. The van der Waals surface area contributed by atoms with Crippen LogP contribution in [-0.4, -0.2) is 25.6 Å². The number of nitrogens with one attached hydrogen (secondary N) is 2. The number of carbonyl (C=O) groups excluding carboxylic acids is 1. The van der Waals surface area contributed by atoms with Gasteiger partial charge in [0, 0.05) is 18.2 Å². The molecular formula is C16H24N2O2. The Kier molecular flexibility index (Phi) is 5.87. The van der Waals surface area contributed by atoms with E-state index < -0.39 is 0 Å². The van der Waals surface area contributed by atoms with Crippen LogP contribution < -0.4 is 15.4 Å². The normalized spacial score (nSPS) is 15.8. The first kappa shape index (κ1) is 14.9. The van der Waals surface area contributed by atoms with Gasteiger partial charge in [0.05, 0.1) is 0 Å². The van der Waals surface area contributed by atoms with Crippen molar-refractivity contribution in [3.05, 3.63) is 29.8 Å². The highest BCUT2D eigenvalue weighted by Crippen LogP contribution is 2.18. The van der Waals surface area contributed by atoms with Crippen LogP contribution in [0.1, 0.15) is 37.7 Å². The molecule has 20 heavy (non-hydrogen) atoms. The van der Waals surface area contributed by atoms with Crippen molar-refractivity contribution in [2.45, 2.75) is 44.7 Å². The maximum atomic E-state index is 11.9. The quantitative estimate of drug-likeness (QED) is 0.837. The van der Waals surface area contributed by atoms with Gasteiger partial charge < -0.3 is 15.4 Å². The summed E-state index contributed by atoms with van der Waals surface area (Å²) in [6.45, 7) is 0.831. The molecule has 0 aromatic heterocycles. The van der Waals surface area contributed by atoms with Crippen LogP contribution in [0.4, 0.5) is 0 Å². The number of para-hydroxylation sites is 1. The summed E-state index contributed by atoms with van der Waals surface area (Å²) in [5, 5.41) is 6.16. The third-order valence-electron chi connectivity index (χ3n) is 3.67. The molecule has 1 amide bonds. The lowest BCUT2D eigenvalue weighted by molar-refractivity contribution is -0.124. The van der Waals surface area contributed by atoms with Gasteiger partial charge in [-0.2, -0.15) is 0 Å². The Labute approximate surface area is 120 Å². The van der Waals surface area contributed by atoms with E-state index in [2.05, 4.69) is 10.6 Å². The summed E-state index contributed by atoms with van der Waals surface area (Å²) in [7, 11) is 1.90. The SMILES string of the molecule is CNCc1ccccc1OCC(=O)NC1CCCCC1. The fourth-order valence-electron chi connectivity index (χ4n) is 2.64. The standard InChI is InChI=1S/C16H24N2O2/c1-17-11-13-7-5-6-10-15(13)20-12-16(19)18-14-8-3-2-4-9-14/h5-7,10,14,17H,2-4,8-9,11-12H2,1H3,(H,18,19). The third-order valence-corrected chi connectivity index (χ3v) is 3.67. The fraction of sp³-hybridized carbons (Fsp3) is 0.562. The molecule has 1 saturated carbocycles. The Hall–Kier alpha value is -1.55. The molecule has 1 aromatic carbocycles. The average molecular weight is 276 g/mol. The zero-order valence-electron chi connectivity index (χ0n) is 12.2. The van der Waals surface area contributed by atoms with Crippen molar-refractivity contribution in [1.29, 1.82) is 0 Å². The van der Waals surface area contributed by atoms with Gasteiger partial charge in [0.25, 0.3) is 5.91 Å². The van der Waals surface area contributed by atoms with Gasteiger partial charge in [0.1, 0.15) is 5.75 Å². The minimum Gasteiger partial charge on any atom is -0.483 e. The highest BCUT2D eigenvalue weighted by atomic mass is 16.5. The second kappa shape index (κ2) is 7.90. The molecule has 110 valence electrons. The van der Waals surface area contributed by atoms with Gasteiger partial charge in [0.2, 0.25) is 0 Å². The number of hydrogen-bond acceptors (Lipinski definition) is 3. The van der Waals surface area contributed by atoms with E-state index in [4.69, 9.17) is 4.74 Å². The van der Waals surface area contributed by atoms with Gasteiger partial charge in [-0.05, 0) is 26.0 Å². The number of benzene rings is 1. The molecule has 4 heteroatoms. The minimum atomic E-state index is -0.0174. The largest absolute Gasteiger partial charge is 0.483 e. The van der Waals surface area contributed by atoms with E-state index in [1.54, 1.807) is 0 Å². The molecule has 1 aliphatic rings. The third kappa shape index (κ3) is 4.53. The summed E-state index contributed by atoms with van der Waals surface area (Å²) in [4.78, 5) is 11.9. The van der Waals surface area contributed by atoms with E-state index in [-0.39, 0.29) is 12.5 Å². The van der Waals surface area contributed by atoms with Crippen LogP contribution in [0.25, 0.3) is 0 Å². The molecular weight excluding hydrogens is 252 g/mol.